The molecule has 0 aliphatic rings. The number of benzene rings is 2. The Morgan fingerprint density at radius 2 is 1.70 bits per heavy atom. The lowest BCUT2D eigenvalue weighted by Gasteiger charge is -2.10. The summed E-state index contributed by atoms with van der Waals surface area (Å²) in [6.07, 6.45) is 0.129. The highest BCUT2D eigenvalue weighted by Gasteiger charge is 2.13. The number of para-hydroxylation sites is 2. The van der Waals surface area contributed by atoms with Crippen molar-refractivity contribution in [2.24, 2.45) is 0 Å². The molecule has 0 saturated carbocycles. The van der Waals surface area contributed by atoms with E-state index in [9.17, 15) is 14.0 Å². The molecule has 0 aliphatic carbocycles. The van der Waals surface area contributed by atoms with Crippen molar-refractivity contribution < 1.29 is 18.7 Å². The minimum absolute atomic E-state index is 0.129. The third kappa shape index (κ3) is 4.54. The van der Waals surface area contributed by atoms with Gasteiger partial charge in [0.15, 0.2) is 0 Å². The zero-order valence-corrected chi connectivity index (χ0v) is 12.6. The predicted octanol–water partition coefficient (Wildman–Crippen LogP) is 3.05. The van der Waals surface area contributed by atoms with Gasteiger partial charge in [0.2, 0.25) is 5.91 Å². The summed E-state index contributed by atoms with van der Waals surface area (Å²) >= 11 is 0. The average Bonchev–Trinajstić information content (AvgIpc) is 2.56. The highest BCUT2D eigenvalue weighted by atomic mass is 19.1. The second-order valence-corrected chi connectivity index (χ2v) is 4.74. The summed E-state index contributed by atoms with van der Waals surface area (Å²) in [5.74, 6) is -1.18. The number of methoxy groups -OCH3 is 1. The van der Waals surface area contributed by atoms with Crippen molar-refractivity contribution in [2.45, 2.75) is 6.42 Å². The molecule has 0 aliphatic heterocycles. The fourth-order valence-electron chi connectivity index (χ4n) is 2.01. The van der Waals surface area contributed by atoms with Crippen molar-refractivity contribution >= 4 is 23.3 Å². The second-order valence-electron chi connectivity index (χ2n) is 4.74. The minimum Gasteiger partial charge on any atom is -0.465 e. The number of rotatable bonds is 6. The fourth-order valence-corrected chi connectivity index (χ4v) is 2.01. The number of carbonyl (C=O) groups excluding carboxylic acids is 2. The number of carbonyl (C=O) groups is 2. The minimum atomic E-state index is -0.523. The molecular weight excluding hydrogens is 299 g/mol. The first-order valence-corrected chi connectivity index (χ1v) is 7.07. The van der Waals surface area contributed by atoms with Gasteiger partial charge in [0.05, 0.1) is 24.0 Å². The van der Waals surface area contributed by atoms with Gasteiger partial charge in [0, 0.05) is 13.0 Å². The molecule has 2 aromatic carbocycles. The zero-order chi connectivity index (χ0) is 16.7. The van der Waals surface area contributed by atoms with Gasteiger partial charge in [-0.05, 0) is 24.3 Å². The van der Waals surface area contributed by atoms with E-state index in [1.54, 1.807) is 42.5 Å². The van der Waals surface area contributed by atoms with Crippen LogP contribution in [0.4, 0.5) is 15.8 Å². The molecule has 0 unspecified atom stereocenters. The Balaban J connectivity index is 1.91. The van der Waals surface area contributed by atoms with Crippen LogP contribution in [0.2, 0.25) is 0 Å². The number of ether oxygens (including phenoxy) is 1. The van der Waals surface area contributed by atoms with Crippen LogP contribution < -0.4 is 10.6 Å². The van der Waals surface area contributed by atoms with Crippen molar-refractivity contribution in [3.05, 3.63) is 59.9 Å². The number of esters is 1. The van der Waals surface area contributed by atoms with Gasteiger partial charge >= 0.3 is 5.97 Å². The molecule has 0 radical (unpaired) electrons. The van der Waals surface area contributed by atoms with E-state index in [0.29, 0.717) is 11.4 Å². The number of nitrogens with one attached hydrogen (secondary N) is 2. The van der Waals surface area contributed by atoms with Crippen LogP contribution in [0.3, 0.4) is 0 Å². The molecule has 1 amide bonds. The Bertz CT molecular complexity index is 704. The average molecular weight is 316 g/mol. The third-order valence-electron chi connectivity index (χ3n) is 3.15. The summed E-state index contributed by atoms with van der Waals surface area (Å²) in [5.41, 5.74) is 1.01. The summed E-state index contributed by atoms with van der Waals surface area (Å²) in [7, 11) is 1.28. The van der Waals surface area contributed by atoms with E-state index < -0.39 is 5.97 Å². The lowest BCUT2D eigenvalue weighted by Crippen LogP contribution is -2.18. The van der Waals surface area contributed by atoms with E-state index in [-0.39, 0.29) is 30.3 Å². The fraction of sp³-hybridized carbons (Fsp3) is 0.176. The Kier molecular flexibility index (Phi) is 5.68. The number of anilines is 2. The topological polar surface area (TPSA) is 67.4 Å². The van der Waals surface area contributed by atoms with E-state index in [1.807, 2.05) is 0 Å². The van der Waals surface area contributed by atoms with Gasteiger partial charge in [-0.3, -0.25) is 4.79 Å². The molecule has 0 atom stereocenters. The van der Waals surface area contributed by atoms with Crippen LogP contribution in [0, 0.1) is 5.82 Å². The van der Waals surface area contributed by atoms with Crippen molar-refractivity contribution in [1.82, 2.24) is 0 Å². The molecule has 120 valence electrons. The molecule has 0 fully saturated rings. The largest absolute Gasteiger partial charge is 0.465 e. The Hall–Kier alpha value is -2.89. The van der Waals surface area contributed by atoms with Crippen molar-refractivity contribution in [3.8, 4) is 0 Å². The third-order valence-corrected chi connectivity index (χ3v) is 3.15. The van der Waals surface area contributed by atoms with Crippen LogP contribution in [0.15, 0.2) is 48.5 Å². The van der Waals surface area contributed by atoms with Crippen molar-refractivity contribution in [3.63, 3.8) is 0 Å². The molecule has 5 nitrogen and oxygen atoms in total. The van der Waals surface area contributed by atoms with Gasteiger partial charge in [0.25, 0.3) is 0 Å². The van der Waals surface area contributed by atoms with E-state index in [1.165, 1.54) is 13.2 Å². The molecule has 2 rings (SSSR count). The molecule has 6 heteroatoms. The van der Waals surface area contributed by atoms with Crippen molar-refractivity contribution in [2.75, 3.05) is 24.3 Å². The standard InChI is InChI=1S/C17H17FN2O3/c1-23-17(22)12-6-2-4-8-14(12)20-16(21)10-11-19-15-9-5-3-7-13(15)18/h2-9,19H,10-11H2,1H3,(H,20,21). The molecular formula is C17H17FN2O3. The van der Waals surface area contributed by atoms with Gasteiger partial charge in [-0.25, -0.2) is 9.18 Å². The number of hydrogen-bond donors (Lipinski definition) is 2. The smallest absolute Gasteiger partial charge is 0.339 e. The van der Waals surface area contributed by atoms with Gasteiger partial charge in [-0.1, -0.05) is 24.3 Å². The number of hydrogen-bond acceptors (Lipinski definition) is 4. The summed E-state index contributed by atoms with van der Waals surface area (Å²) in [6.45, 7) is 0.271. The predicted molar refractivity (Wildman–Crippen MR) is 85.9 cm³/mol. The zero-order valence-electron chi connectivity index (χ0n) is 12.6. The van der Waals surface area contributed by atoms with Crippen LogP contribution >= 0.6 is 0 Å². The van der Waals surface area contributed by atoms with E-state index >= 15 is 0 Å². The molecule has 23 heavy (non-hydrogen) atoms. The van der Waals surface area contributed by atoms with Gasteiger partial charge in [0.1, 0.15) is 5.82 Å². The molecule has 2 N–H and O–H groups in total. The van der Waals surface area contributed by atoms with Gasteiger partial charge in [-0.15, -0.1) is 0 Å². The Morgan fingerprint density at radius 1 is 1.04 bits per heavy atom. The first kappa shape index (κ1) is 16.5. The lowest BCUT2D eigenvalue weighted by atomic mass is 10.1. The maximum absolute atomic E-state index is 13.4. The lowest BCUT2D eigenvalue weighted by molar-refractivity contribution is -0.115. The maximum atomic E-state index is 13.4. The van der Waals surface area contributed by atoms with E-state index in [2.05, 4.69) is 15.4 Å². The van der Waals surface area contributed by atoms with E-state index in [4.69, 9.17) is 0 Å². The molecule has 0 aromatic heterocycles. The molecule has 0 bridgehead atoms. The molecule has 2 aromatic rings. The monoisotopic (exact) mass is 316 g/mol. The van der Waals surface area contributed by atoms with Crippen LogP contribution in [0.1, 0.15) is 16.8 Å². The van der Waals surface area contributed by atoms with E-state index in [0.717, 1.165) is 0 Å². The molecule has 0 spiro atoms. The van der Waals surface area contributed by atoms with Crippen LogP contribution in [0.25, 0.3) is 0 Å². The first-order valence-electron chi connectivity index (χ1n) is 7.07. The molecule has 0 saturated heterocycles. The highest BCUT2D eigenvalue weighted by Crippen LogP contribution is 2.16. The normalized spacial score (nSPS) is 10.0. The van der Waals surface area contributed by atoms with Crippen LogP contribution in [-0.2, 0) is 9.53 Å². The Morgan fingerprint density at radius 3 is 2.39 bits per heavy atom. The molecule has 0 heterocycles. The number of amides is 1. The highest BCUT2D eigenvalue weighted by molar-refractivity contribution is 6.01. The summed E-state index contributed by atoms with van der Waals surface area (Å²) in [4.78, 5) is 23.6. The first-order chi connectivity index (χ1) is 11.1. The van der Waals surface area contributed by atoms with Gasteiger partial charge in [-0.2, -0.15) is 0 Å². The Labute approximate surface area is 133 Å². The summed E-state index contributed by atoms with van der Waals surface area (Å²) in [5, 5.41) is 5.50. The van der Waals surface area contributed by atoms with Crippen LogP contribution in [0.5, 0.6) is 0 Å². The van der Waals surface area contributed by atoms with Gasteiger partial charge < -0.3 is 15.4 Å². The second kappa shape index (κ2) is 7.93. The summed E-state index contributed by atoms with van der Waals surface area (Å²) < 4.78 is 18.1. The quantitative estimate of drug-likeness (QED) is 0.804. The number of halogens is 1. The maximum Gasteiger partial charge on any atom is 0.339 e. The van der Waals surface area contributed by atoms with Crippen molar-refractivity contribution in [1.29, 1.82) is 0 Å². The SMILES string of the molecule is COC(=O)c1ccccc1NC(=O)CCNc1ccccc1F. The summed E-state index contributed by atoms with van der Waals surface area (Å²) in [6, 6.07) is 12.8. The van der Waals surface area contributed by atoms with Crippen LogP contribution in [-0.4, -0.2) is 25.5 Å².